The Hall–Kier alpha value is -2.31. The van der Waals surface area contributed by atoms with E-state index in [1.54, 1.807) is 29.5 Å². The molecule has 0 saturated carbocycles. The van der Waals surface area contributed by atoms with E-state index in [0.29, 0.717) is 48.3 Å². The highest BCUT2D eigenvalue weighted by Gasteiger charge is 2.14. The van der Waals surface area contributed by atoms with Crippen LogP contribution in [0.3, 0.4) is 0 Å². The second-order valence-corrected chi connectivity index (χ2v) is 7.49. The normalized spacial score (nSPS) is 13.4. The van der Waals surface area contributed by atoms with Gasteiger partial charge in [-0.05, 0) is 36.4 Å². The number of fused-ring (bicyclic) bond motifs is 2. The van der Waals surface area contributed by atoms with E-state index < -0.39 is 0 Å². The van der Waals surface area contributed by atoms with Gasteiger partial charge in [-0.2, -0.15) is 0 Å². The number of halogens is 1. The number of ether oxygens (including phenoxy) is 2. The number of carbonyl (C=O) groups is 1. The van der Waals surface area contributed by atoms with E-state index in [1.165, 1.54) is 0 Å². The molecule has 0 bridgehead atoms. The molecule has 0 spiro atoms. The minimum Gasteiger partial charge on any atom is -0.490 e. The molecule has 2 heterocycles. The van der Waals surface area contributed by atoms with Crippen LogP contribution < -0.4 is 14.8 Å². The molecule has 0 atom stereocenters. The Kier molecular flexibility index (Phi) is 4.95. The Balaban J connectivity index is 1.38. The zero-order valence-corrected chi connectivity index (χ0v) is 15.5. The van der Waals surface area contributed by atoms with E-state index in [1.807, 2.05) is 18.2 Å². The van der Waals surface area contributed by atoms with Gasteiger partial charge in [-0.25, -0.2) is 4.98 Å². The van der Waals surface area contributed by atoms with Crippen LogP contribution in [0.2, 0.25) is 5.02 Å². The smallest absolute Gasteiger partial charge is 0.251 e. The average molecular weight is 389 g/mol. The average Bonchev–Trinajstić information content (AvgIpc) is 2.88. The van der Waals surface area contributed by atoms with Crippen LogP contribution in [0.5, 0.6) is 11.5 Å². The summed E-state index contributed by atoms with van der Waals surface area (Å²) in [6.45, 7) is 1.74. The molecule has 26 heavy (non-hydrogen) atoms. The summed E-state index contributed by atoms with van der Waals surface area (Å²) in [6, 6.07) is 10.9. The molecule has 0 radical (unpaired) electrons. The number of nitrogens with one attached hydrogen (secondary N) is 1. The second kappa shape index (κ2) is 7.51. The van der Waals surface area contributed by atoms with Crippen molar-refractivity contribution in [3.8, 4) is 11.5 Å². The molecule has 1 amide bonds. The quantitative estimate of drug-likeness (QED) is 0.731. The summed E-state index contributed by atoms with van der Waals surface area (Å²) in [5, 5.41) is 4.58. The third-order valence-electron chi connectivity index (χ3n) is 4.03. The molecule has 134 valence electrons. The Bertz CT molecular complexity index is 957. The maximum atomic E-state index is 12.4. The molecular formula is C19H17ClN2O3S. The molecule has 7 heteroatoms. The first-order valence-electron chi connectivity index (χ1n) is 8.42. The highest BCUT2D eigenvalue weighted by molar-refractivity contribution is 7.18. The van der Waals surface area contributed by atoms with Crippen LogP contribution in [0.25, 0.3) is 10.2 Å². The largest absolute Gasteiger partial charge is 0.490 e. The Morgan fingerprint density at radius 1 is 1.15 bits per heavy atom. The predicted octanol–water partition coefficient (Wildman–Crippen LogP) is 4.08. The second-order valence-electron chi connectivity index (χ2n) is 5.94. The van der Waals surface area contributed by atoms with Gasteiger partial charge in [-0.15, -0.1) is 11.3 Å². The molecule has 1 aliphatic heterocycles. The maximum Gasteiger partial charge on any atom is 0.251 e. The van der Waals surface area contributed by atoms with Crippen molar-refractivity contribution in [2.45, 2.75) is 12.8 Å². The number of hydrogen-bond donors (Lipinski definition) is 1. The van der Waals surface area contributed by atoms with Gasteiger partial charge in [0.2, 0.25) is 0 Å². The summed E-state index contributed by atoms with van der Waals surface area (Å²) in [5.41, 5.74) is 1.46. The highest BCUT2D eigenvalue weighted by atomic mass is 35.5. The predicted molar refractivity (Wildman–Crippen MR) is 103 cm³/mol. The van der Waals surface area contributed by atoms with Crippen molar-refractivity contribution in [2.75, 3.05) is 19.8 Å². The van der Waals surface area contributed by atoms with Crippen LogP contribution in [0.15, 0.2) is 36.4 Å². The maximum absolute atomic E-state index is 12.4. The van der Waals surface area contributed by atoms with E-state index in [0.717, 1.165) is 21.6 Å². The van der Waals surface area contributed by atoms with Crippen LogP contribution in [0.4, 0.5) is 0 Å². The van der Waals surface area contributed by atoms with Crippen LogP contribution in [-0.2, 0) is 6.42 Å². The zero-order chi connectivity index (χ0) is 17.9. The van der Waals surface area contributed by atoms with Crippen molar-refractivity contribution >= 4 is 39.1 Å². The van der Waals surface area contributed by atoms with Crippen molar-refractivity contribution < 1.29 is 14.3 Å². The number of hydrogen-bond acceptors (Lipinski definition) is 5. The van der Waals surface area contributed by atoms with Crippen LogP contribution in [-0.4, -0.2) is 30.6 Å². The van der Waals surface area contributed by atoms with Gasteiger partial charge in [0, 0.05) is 30.0 Å². The molecule has 1 aromatic heterocycles. The first-order chi connectivity index (χ1) is 12.7. The van der Waals surface area contributed by atoms with E-state index in [2.05, 4.69) is 10.3 Å². The number of thiazole rings is 1. The molecule has 1 aliphatic rings. The molecule has 1 N–H and O–H groups in total. The lowest BCUT2D eigenvalue weighted by Gasteiger charge is -2.09. The lowest BCUT2D eigenvalue weighted by molar-refractivity contribution is 0.0953. The van der Waals surface area contributed by atoms with Gasteiger partial charge in [0.1, 0.15) is 0 Å². The number of carbonyl (C=O) groups excluding carboxylic acids is 1. The van der Waals surface area contributed by atoms with Crippen molar-refractivity contribution in [1.29, 1.82) is 0 Å². The van der Waals surface area contributed by atoms with Gasteiger partial charge in [0.05, 0.1) is 28.4 Å². The van der Waals surface area contributed by atoms with Crippen LogP contribution in [0, 0.1) is 0 Å². The fourth-order valence-electron chi connectivity index (χ4n) is 2.74. The van der Waals surface area contributed by atoms with Crippen molar-refractivity contribution in [1.82, 2.24) is 10.3 Å². The number of rotatable bonds is 4. The van der Waals surface area contributed by atoms with Gasteiger partial charge < -0.3 is 14.8 Å². The molecule has 0 unspecified atom stereocenters. The Morgan fingerprint density at radius 2 is 2.00 bits per heavy atom. The van der Waals surface area contributed by atoms with E-state index in [4.69, 9.17) is 21.1 Å². The lowest BCUT2D eigenvalue weighted by atomic mass is 10.2. The van der Waals surface area contributed by atoms with Crippen molar-refractivity contribution in [3.05, 3.63) is 52.0 Å². The third-order valence-corrected chi connectivity index (χ3v) is 5.36. The summed E-state index contributed by atoms with van der Waals surface area (Å²) < 4.78 is 12.3. The zero-order valence-electron chi connectivity index (χ0n) is 14.0. The number of amides is 1. The minimum absolute atomic E-state index is 0.134. The van der Waals surface area contributed by atoms with Crippen molar-refractivity contribution in [2.24, 2.45) is 0 Å². The molecule has 2 aromatic carbocycles. The fraction of sp³-hybridized carbons (Fsp3) is 0.263. The standard InChI is InChI=1S/C19H17ClN2O3S/c20-13-3-5-17-14(11-13)22-18(26-17)6-7-21-19(23)12-2-4-15-16(10-12)25-9-1-8-24-15/h2-5,10-11H,1,6-9H2,(H,21,23). The van der Waals surface area contributed by atoms with E-state index >= 15 is 0 Å². The highest BCUT2D eigenvalue weighted by Crippen LogP contribution is 2.30. The van der Waals surface area contributed by atoms with Gasteiger partial charge in [-0.1, -0.05) is 11.6 Å². The van der Waals surface area contributed by atoms with E-state index in [-0.39, 0.29) is 5.91 Å². The summed E-state index contributed by atoms with van der Waals surface area (Å²) in [4.78, 5) is 16.9. The lowest BCUT2D eigenvalue weighted by Crippen LogP contribution is -2.25. The monoisotopic (exact) mass is 388 g/mol. The first kappa shape index (κ1) is 17.1. The van der Waals surface area contributed by atoms with E-state index in [9.17, 15) is 4.79 Å². The van der Waals surface area contributed by atoms with Crippen LogP contribution >= 0.6 is 22.9 Å². The molecular weight excluding hydrogens is 372 g/mol. The molecule has 5 nitrogen and oxygen atoms in total. The molecule has 0 aliphatic carbocycles. The summed E-state index contributed by atoms with van der Waals surface area (Å²) in [5.74, 6) is 1.18. The Labute approximate surface area is 159 Å². The number of aromatic nitrogens is 1. The molecule has 4 rings (SSSR count). The summed E-state index contributed by atoms with van der Waals surface area (Å²) in [7, 11) is 0. The Morgan fingerprint density at radius 3 is 2.88 bits per heavy atom. The minimum atomic E-state index is -0.134. The van der Waals surface area contributed by atoms with Gasteiger partial charge in [0.25, 0.3) is 5.91 Å². The molecule has 0 fully saturated rings. The van der Waals surface area contributed by atoms with Crippen molar-refractivity contribution in [3.63, 3.8) is 0 Å². The number of nitrogens with zero attached hydrogens (tertiary/aromatic N) is 1. The summed E-state index contributed by atoms with van der Waals surface area (Å²) in [6.07, 6.45) is 1.51. The first-order valence-corrected chi connectivity index (χ1v) is 9.61. The summed E-state index contributed by atoms with van der Waals surface area (Å²) >= 11 is 7.61. The van der Waals surface area contributed by atoms with Gasteiger partial charge in [-0.3, -0.25) is 4.79 Å². The molecule has 0 saturated heterocycles. The van der Waals surface area contributed by atoms with Gasteiger partial charge >= 0.3 is 0 Å². The SMILES string of the molecule is O=C(NCCc1nc2cc(Cl)ccc2s1)c1ccc2c(c1)OCCCO2. The molecule has 3 aromatic rings. The third kappa shape index (κ3) is 3.76. The number of benzene rings is 2. The topological polar surface area (TPSA) is 60.5 Å². The van der Waals surface area contributed by atoms with Gasteiger partial charge in [0.15, 0.2) is 11.5 Å². The fourth-order valence-corrected chi connectivity index (χ4v) is 3.86. The van der Waals surface area contributed by atoms with Crippen LogP contribution in [0.1, 0.15) is 21.8 Å².